The van der Waals surface area contributed by atoms with Crippen LogP contribution in [0.25, 0.3) is 0 Å². The standard InChI is InChI=1S/C24H24N4O6/c1-4-5-16-21-20(15(11-25)22(26)34-23(21)28-27-16)13-6-8-17(19(10-13)30-2)32-12-14-7-9-18(33-14)24(29)31-3/h6-10,20H,4-5,12,26H2,1-3H3,(H,27,28)/t20-/m0/s1. The fraction of sp³-hybridized carbons (Fsp3) is 0.292. The zero-order valence-corrected chi connectivity index (χ0v) is 19.0. The van der Waals surface area contributed by atoms with Crippen molar-refractivity contribution in [2.45, 2.75) is 32.3 Å². The molecule has 0 fully saturated rings. The minimum atomic E-state index is -0.564. The number of nitrogens with one attached hydrogen (secondary N) is 1. The van der Waals surface area contributed by atoms with Crippen LogP contribution in [-0.2, 0) is 17.8 Å². The summed E-state index contributed by atoms with van der Waals surface area (Å²) in [5.74, 6) is 0.820. The van der Waals surface area contributed by atoms with Crippen LogP contribution in [0.2, 0.25) is 0 Å². The second-order valence-corrected chi connectivity index (χ2v) is 7.55. The van der Waals surface area contributed by atoms with E-state index in [4.69, 9.17) is 24.4 Å². The van der Waals surface area contributed by atoms with Crippen LogP contribution in [0, 0.1) is 11.3 Å². The summed E-state index contributed by atoms with van der Waals surface area (Å²) in [4.78, 5) is 11.6. The van der Waals surface area contributed by atoms with Crippen LogP contribution in [-0.4, -0.2) is 30.4 Å². The van der Waals surface area contributed by atoms with Gasteiger partial charge in [0.1, 0.15) is 24.0 Å². The molecule has 0 unspecified atom stereocenters. The smallest absolute Gasteiger partial charge is 0.373 e. The molecule has 1 aliphatic heterocycles. The molecule has 176 valence electrons. The lowest BCUT2D eigenvalue weighted by atomic mass is 9.83. The molecule has 0 saturated heterocycles. The highest BCUT2D eigenvalue weighted by atomic mass is 16.5. The van der Waals surface area contributed by atoms with Crippen molar-refractivity contribution in [3.63, 3.8) is 0 Å². The third-order valence-corrected chi connectivity index (χ3v) is 5.46. The number of rotatable bonds is 8. The number of esters is 1. The minimum Gasteiger partial charge on any atom is -0.493 e. The van der Waals surface area contributed by atoms with Gasteiger partial charge >= 0.3 is 5.97 Å². The molecule has 3 heterocycles. The zero-order chi connectivity index (χ0) is 24.2. The van der Waals surface area contributed by atoms with Gasteiger partial charge in [0.05, 0.1) is 20.1 Å². The average Bonchev–Trinajstić information content (AvgIpc) is 3.49. The molecule has 1 atom stereocenters. The van der Waals surface area contributed by atoms with Crippen LogP contribution in [0.4, 0.5) is 0 Å². The Balaban J connectivity index is 1.64. The van der Waals surface area contributed by atoms with E-state index in [2.05, 4.69) is 27.9 Å². The number of nitriles is 1. The molecular formula is C24H24N4O6. The van der Waals surface area contributed by atoms with Crippen LogP contribution < -0.4 is 19.9 Å². The van der Waals surface area contributed by atoms with Crippen molar-refractivity contribution in [2.24, 2.45) is 5.73 Å². The Morgan fingerprint density at radius 3 is 2.79 bits per heavy atom. The van der Waals surface area contributed by atoms with E-state index in [1.54, 1.807) is 18.2 Å². The van der Waals surface area contributed by atoms with Gasteiger partial charge in [-0.15, -0.1) is 5.10 Å². The first kappa shape index (κ1) is 22.8. The van der Waals surface area contributed by atoms with Crippen molar-refractivity contribution < 1.29 is 28.2 Å². The van der Waals surface area contributed by atoms with Gasteiger partial charge in [-0.1, -0.05) is 19.4 Å². The molecule has 1 aliphatic rings. The highest BCUT2D eigenvalue weighted by Gasteiger charge is 2.35. The first-order chi connectivity index (χ1) is 16.5. The Hall–Kier alpha value is -4.39. The third-order valence-electron chi connectivity index (χ3n) is 5.46. The van der Waals surface area contributed by atoms with Gasteiger partial charge in [-0.3, -0.25) is 5.10 Å². The number of nitrogens with zero attached hydrogens (tertiary/aromatic N) is 2. The van der Waals surface area contributed by atoms with E-state index in [1.165, 1.54) is 20.3 Å². The maximum atomic E-state index is 11.6. The Labute approximate surface area is 195 Å². The number of methoxy groups -OCH3 is 2. The Morgan fingerprint density at radius 2 is 2.09 bits per heavy atom. The van der Waals surface area contributed by atoms with Gasteiger partial charge in [0.2, 0.25) is 17.5 Å². The molecule has 3 aromatic rings. The second kappa shape index (κ2) is 9.62. The molecule has 10 nitrogen and oxygen atoms in total. The largest absolute Gasteiger partial charge is 0.493 e. The summed E-state index contributed by atoms with van der Waals surface area (Å²) in [6, 6.07) is 10.7. The van der Waals surface area contributed by atoms with Gasteiger partial charge in [0.15, 0.2) is 11.5 Å². The highest BCUT2D eigenvalue weighted by Crippen LogP contribution is 2.45. The lowest BCUT2D eigenvalue weighted by Crippen LogP contribution is -2.21. The van der Waals surface area contributed by atoms with Gasteiger partial charge in [0.25, 0.3) is 0 Å². The van der Waals surface area contributed by atoms with E-state index in [0.717, 1.165) is 29.7 Å². The van der Waals surface area contributed by atoms with Crippen molar-refractivity contribution >= 4 is 5.97 Å². The maximum Gasteiger partial charge on any atom is 0.373 e. The molecule has 1 aromatic carbocycles. The fourth-order valence-electron chi connectivity index (χ4n) is 3.88. The first-order valence-electron chi connectivity index (χ1n) is 10.6. The molecule has 4 rings (SSSR count). The van der Waals surface area contributed by atoms with Gasteiger partial charge in [-0.25, -0.2) is 4.79 Å². The zero-order valence-electron chi connectivity index (χ0n) is 19.0. The van der Waals surface area contributed by atoms with Crippen molar-refractivity contribution in [2.75, 3.05) is 14.2 Å². The fourth-order valence-corrected chi connectivity index (χ4v) is 3.88. The summed E-state index contributed by atoms with van der Waals surface area (Å²) in [6.45, 7) is 2.14. The predicted molar refractivity (Wildman–Crippen MR) is 119 cm³/mol. The van der Waals surface area contributed by atoms with Gasteiger partial charge < -0.3 is 29.1 Å². The second-order valence-electron chi connectivity index (χ2n) is 7.55. The van der Waals surface area contributed by atoms with Crippen LogP contribution in [0.3, 0.4) is 0 Å². The Kier molecular flexibility index (Phi) is 6.45. The number of furan rings is 1. The number of hydrogen-bond donors (Lipinski definition) is 2. The average molecular weight is 464 g/mol. The van der Waals surface area contributed by atoms with E-state index in [1.807, 2.05) is 6.07 Å². The molecule has 0 bridgehead atoms. The van der Waals surface area contributed by atoms with Crippen LogP contribution in [0.1, 0.15) is 52.4 Å². The maximum absolute atomic E-state index is 11.6. The van der Waals surface area contributed by atoms with Crippen molar-refractivity contribution in [1.82, 2.24) is 10.2 Å². The van der Waals surface area contributed by atoms with Crippen molar-refractivity contribution in [3.8, 4) is 23.4 Å². The molecule has 0 spiro atoms. The molecule has 34 heavy (non-hydrogen) atoms. The molecule has 0 radical (unpaired) electrons. The number of allylic oxidation sites excluding steroid dienone is 1. The van der Waals surface area contributed by atoms with E-state index in [9.17, 15) is 10.1 Å². The van der Waals surface area contributed by atoms with Crippen LogP contribution >= 0.6 is 0 Å². The number of ether oxygens (including phenoxy) is 4. The molecule has 10 heteroatoms. The number of fused-ring (bicyclic) bond motifs is 1. The van der Waals surface area contributed by atoms with Gasteiger partial charge in [-0.05, 0) is 36.2 Å². The number of carbonyl (C=O) groups excluding carboxylic acids is 1. The summed E-state index contributed by atoms with van der Waals surface area (Å²) >= 11 is 0. The molecule has 0 aliphatic carbocycles. The normalized spacial score (nSPS) is 14.7. The van der Waals surface area contributed by atoms with Gasteiger partial charge in [0, 0.05) is 11.3 Å². The van der Waals surface area contributed by atoms with E-state index in [0.29, 0.717) is 28.7 Å². The van der Waals surface area contributed by atoms with Crippen molar-refractivity contribution in [3.05, 3.63) is 70.1 Å². The number of carbonyl (C=O) groups is 1. The van der Waals surface area contributed by atoms with E-state index >= 15 is 0 Å². The predicted octanol–water partition coefficient (Wildman–Crippen LogP) is 3.55. The van der Waals surface area contributed by atoms with Crippen molar-refractivity contribution in [1.29, 1.82) is 5.26 Å². The van der Waals surface area contributed by atoms with E-state index in [-0.39, 0.29) is 18.3 Å². The number of aromatic nitrogens is 2. The number of hydrogen-bond acceptors (Lipinski definition) is 9. The quantitative estimate of drug-likeness (QED) is 0.478. The minimum absolute atomic E-state index is 0.0214. The van der Waals surface area contributed by atoms with Gasteiger partial charge in [-0.2, -0.15) is 5.26 Å². The number of H-pyrrole nitrogens is 1. The molecule has 0 amide bonds. The summed E-state index contributed by atoms with van der Waals surface area (Å²) < 4.78 is 27.1. The summed E-state index contributed by atoms with van der Waals surface area (Å²) in [5.41, 5.74) is 8.79. The monoisotopic (exact) mass is 464 g/mol. The Morgan fingerprint density at radius 1 is 1.26 bits per heavy atom. The first-order valence-corrected chi connectivity index (χ1v) is 10.6. The SMILES string of the molecule is CCCc1[nH]nc2c1[C@@H](c1ccc(OCc3ccc(C(=O)OC)o3)c(OC)c1)C(C#N)=C(N)O2. The topological polar surface area (TPSA) is 146 Å². The number of aromatic amines is 1. The molecule has 3 N–H and O–H groups in total. The molecular weight excluding hydrogens is 440 g/mol. The summed E-state index contributed by atoms with van der Waals surface area (Å²) in [5, 5.41) is 17.1. The van der Waals surface area contributed by atoms with Crippen LogP contribution in [0.5, 0.6) is 17.4 Å². The van der Waals surface area contributed by atoms with E-state index < -0.39 is 11.9 Å². The van der Waals surface area contributed by atoms with Crippen LogP contribution in [0.15, 0.2) is 46.2 Å². The third kappa shape index (κ3) is 4.15. The lowest BCUT2D eigenvalue weighted by molar-refractivity contribution is 0.0561. The molecule has 0 saturated carbocycles. The lowest BCUT2D eigenvalue weighted by Gasteiger charge is -2.24. The summed E-state index contributed by atoms with van der Waals surface area (Å²) in [7, 11) is 2.81. The highest BCUT2D eigenvalue weighted by molar-refractivity contribution is 5.86. The number of benzene rings is 1. The molecule has 2 aromatic heterocycles. The Bertz CT molecular complexity index is 1280. The number of nitrogens with two attached hydrogens (primary N) is 1. The summed E-state index contributed by atoms with van der Waals surface area (Å²) in [6.07, 6.45) is 1.64. The number of aryl methyl sites for hydroxylation is 1.